The zero-order valence-electron chi connectivity index (χ0n) is 7.83. The summed E-state index contributed by atoms with van der Waals surface area (Å²) in [7, 11) is 0. The van der Waals surface area contributed by atoms with Crippen LogP contribution in [-0.2, 0) is 0 Å². The van der Waals surface area contributed by atoms with Gasteiger partial charge in [0.2, 0.25) is 0 Å². The van der Waals surface area contributed by atoms with Crippen LogP contribution in [0.3, 0.4) is 0 Å². The van der Waals surface area contributed by atoms with E-state index in [9.17, 15) is 0 Å². The van der Waals surface area contributed by atoms with E-state index in [0.717, 1.165) is 22.3 Å². The third-order valence-electron chi connectivity index (χ3n) is 2.28. The summed E-state index contributed by atoms with van der Waals surface area (Å²) in [5.74, 6) is 0. The topological polar surface area (TPSA) is 38.9 Å². The van der Waals surface area contributed by atoms with Crippen molar-refractivity contribution < 1.29 is 0 Å². The fourth-order valence-electron chi connectivity index (χ4n) is 1.46. The monoisotopic (exact) mass is 172 g/mol. The van der Waals surface area contributed by atoms with Crippen LogP contribution < -0.4 is 5.73 Å². The average molecular weight is 172 g/mol. The zero-order chi connectivity index (χ0) is 9.42. The number of benzene rings is 1. The first kappa shape index (κ1) is 8.05. The van der Waals surface area contributed by atoms with Crippen molar-refractivity contribution in [3.63, 3.8) is 0 Å². The summed E-state index contributed by atoms with van der Waals surface area (Å²) < 4.78 is 0. The number of hydrogen-bond acceptors (Lipinski definition) is 2. The van der Waals surface area contributed by atoms with E-state index >= 15 is 0 Å². The third kappa shape index (κ3) is 1.24. The molecule has 0 aliphatic heterocycles. The Morgan fingerprint density at radius 2 is 2.00 bits per heavy atom. The molecule has 1 heterocycles. The summed E-state index contributed by atoms with van der Waals surface area (Å²) in [6.07, 6.45) is 0. The van der Waals surface area contributed by atoms with Crippen molar-refractivity contribution in [2.45, 2.75) is 13.8 Å². The molecule has 2 heteroatoms. The van der Waals surface area contributed by atoms with Gasteiger partial charge in [-0.05, 0) is 25.5 Å². The molecule has 2 aromatic rings. The van der Waals surface area contributed by atoms with Crippen molar-refractivity contribution >= 4 is 16.6 Å². The van der Waals surface area contributed by atoms with Crippen LogP contribution in [0.4, 0.5) is 5.69 Å². The number of nitrogen functional groups attached to an aromatic ring is 1. The number of hydrogen-bond donors (Lipinski definition) is 1. The highest BCUT2D eigenvalue weighted by Crippen LogP contribution is 2.20. The standard InChI is InChI=1S/C11H12N2/c1-7-4-3-5-9-6-10(12)8(2)13-11(7)9/h3-6H,12H2,1-2H3. The molecule has 0 aliphatic carbocycles. The van der Waals surface area contributed by atoms with E-state index in [0.29, 0.717) is 0 Å². The lowest BCUT2D eigenvalue weighted by atomic mass is 10.1. The smallest absolute Gasteiger partial charge is 0.0735 e. The number of nitrogens with zero attached hydrogens (tertiary/aromatic N) is 1. The SMILES string of the molecule is Cc1nc2c(C)cccc2cc1N. The Kier molecular flexibility index (Phi) is 1.69. The van der Waals surface area contributed by atoms with Gasteiger partial charge in [0, 0.05) is 5.39 Å². The van der Waals surface area contributed by atoms with E-state index < -0.39 is 0 Å². The maximum Gasteiger partial charge on any atom is 0.0735 e. The predicted octanol–water partition coefficient (Wildman–Crippen LogP) is 2.43. The Morgan fingerprint density at radius 1 is 1.23 bits per heavy atom. The summed E-state index contributed by atoms with van der Waals surface area (Å²) in [6.45, 7) is 3.99. The summed E-state index contributed by atoms with van der Waals surface area (Å²) >= 11 is 0. The Bertz CT molecular complexity index is 461. The lowest BCUT2D eigenvalue weighted by Crippen LogP contribution is -1.94. The molecule has 0 amide bonds. The van der Waals surface area contributed by atoms with E-state index in [2.05, 4.69) is 18.0 Å². The fraction of sp³-hybridized carbons (Fsp3) is 0.182. The molecule has 0 saturated carbocycles. The van der Waals surface area contributed by atoms with Gasteiger partial charge in [-0.2, -0.15) is 0 Å². The normalized spacial score (nSPS) is 10.6. The minimum Gasteiger partial charge on any atom is -0.397 e. The van der Waals surface area contributed by atoms with Gasteiger partial charge in [0.25, 0.3) is 0 Å². The molecule has 0 spiro atoms. The van der Waals surface area contributed by atoms with Gasteiger partial charge in [-0.25, -0.2) is 0 Å². The summed E-state index contributed by atoms with van der Waals surface area (Å²) in [5, 5.41) is 1.11. The van der Waals surface area contributed by atoms with Crippen molar-refractivity contribution in [3.05, 3.63) is 35.5 Å². The molecule has 66 valence electrons. The van der Waals surface area contributed by atoms with Gasteiger partial charge in [0.05, 0.1) is 16.9 Å². The van der Waals surface area contributed by atoms with Gasteiger partial charge >= 0.3 is 0 Å². The maximum atomic E-state index is 5.77. The Labute approximate surface area is 77.4 Å². The van der Waals surface area contributed by atoms with Gasteiger partial charge < -0.3 is 5.73 Å². The molecule has 0 unspecified atom stereocenters. The average Bonchev–Trinajstić information content (AvgIpc) is 2.09. The van der Waals surface area contributed by atoms with Crippen molar-refractivity contribution in [1.29, 1.82) is 0 Å². The van der Waals surface area contributed by atoms with Crippen LogP contribution in [0.2, 0.25) is 0 Å². The van der Waals surface area contributed by atoms with E-state index in [1.54, 1.807) is 0 Å². The summed E-state index contributed by atoms with van der Waals surface area (Å²) in [6, 6.07) is 8.09. The molecule has 2 N–H and O–H groups in total. The van der Waals surface area contributed by atoms with Crippen LogP contribution >= 0.6 is 0 Å². The molecular formula is C11H12N2. The number of rotatable bonds is 0. The maximum absolute atomic E-state index is 5.77. The first-order valence-electron chi connectivity index (χ1n) is 4.31. The second-order valence-electron chi connectivity index (χ2n) is 3.31. The minimum absolute atomic E-state index is 0.762. The Morgan fingerprint density at radius 3 is 2.77 bits per heavy atom. The first-order chi connectivity index (χ1) is 6.18. The van der Waals surface area contributed by atoms with E-state index in [1.165, 1.54) is 5.56 Å². The first-order valence-corrected chi connectivity index (χ1v) is 4.31. The van der Waals surface area contributed by atoms with Crippen LogP contribution in [0.5, 0.6) is 0 Å². The van der Waals surface area contributed by atoms with Gasteiger partial charge in [0.1, 0.15) is 0 Å². The minimum atomic E-state index is 0.762. The number of anilines is 1. The lowest BCUT2D eigenvalue weighted by Gasteiger charge is -2.04. The molecule has 0 radical (unpaired) electrons. The number of para-hydroxylation sites is 1. The van der Waals surface area contributed by atoms with Crippen molar-refractivity contribution in [2.24, 2.45) is 0 Å². The second kappa shape index (κ2) is 2.73. The summed E-state index contributed by atoms with van der Waals surface area (Å²) in [4.78, 5) is 4.45. The molecule has 2 rings (SSSR count). The quantitative estimate of drug-likeness (QED) is 0.662. The molecule has 0 aliphatic rings. The number of nitrogens with two attached hydrogens (primary N) is 1. The molecule has 13 heavy (non-hydrogen) atoms. The Hall–Kier alpha value is -1.57. The largest absolute Gasteiger partial charge is 0.397 e. The van der Waals surface area contributed by atoms with Crippen LogP contribution in [0.1, 0.15) is 11.3 Å². The van der Waals surface area contributed by atoms with Gasteiger partial charge in [-0.1, -0.05) is 18.2 Å². The lowest BCUT2D eigenvalue weighted by molar-refractivity contribution is 1.25. The highest BCUT2D eigenvalue weighted by atomic mass is 14.7. The molecule has 0 bridgehead atoms. The van der Waals surface area contributed by atoms with Gasteiger partial charge in [0.15, 0.2) is 0 Å². The number of pyridine rings is 1. The predicted molar refractivity (Wildman–Crippen MR) is 55.6 cm³/mol. The highest BCUT2D eigenvalue weighted by Gasteiger charge is 2.01. The van der Waals surface area contributed by atoms with Crippen LogP contribution in [-0.4, -0.2) is 4.98 Å². The fourth-order valence-corrected chi connectivity index (χ4v) is 1.46. The number of aryl methyl sites for hydroxylation is 2. The van der Waals surface area contributed by atoms with Gasteiger partial charge in [-0.3, -0.25) is 4.98 Å². The molecule has 0 atom stereocenters. The van der Waals surface area contributed by atoms with Crippen LogP contribution in [0, 0.1) is 13.8 Å². The second-order valence-corrected chi connectivity index (χ2v) is 3.31. The molecular weight excluding hydrogens is 160 g/mol. The van der Waals surface area contributed by atoms with Crippen LogP contribution in [0.25, 0.3) is 10.9 Å². The highest BCUT2D eigenvalue weighted by molar-refractivity contribution is 5.84. The summed E-state index contributed by atoms with van der Waals surface area (Å²) in [5.41, 5.74) is 9.69. The molecule has 0 saturated heterocycles. The van der Waals surface area contributed by atoms with Gasteiger partial charge in [-0.15, -0.1) is 0 Å². The number of fused-ring (bicyclic) bond motifs is 1. The third-order valence-corrected chi connectivity index (χ3v) is 2.28. The molecule has 1 aromatic heterocycles. The molecule has 1 aromatic carbocycles. The van der Waals surface area contributed by atoms with E-state index in [4.69, 9.17) is 5.73 Å². The zero-order valence-corrected chi connectivity index (χ0v) is 7.83. The molecule has 2 nitrogen and oxygen atoms in total. The van der Waals surface area contributed by atoms with Crippen molar-refractivity contribution in [1.82, 2.24) is 4.98 Å². The van der Waals surface area contributed by atoms with E-state index in [-0.39, 0.29) is 0 Å². The van der Waals surface area contributed by atoms with Crippen LogP contribution in [0.15, 0.2) is 24.3 Å². The van der Waals surface area contributed by atoms with Crippen molar-refractivity contribution in [3.8, 4) is 0 Å². The molecule has 0 fully saturated rings. The van der Waals surface area contributed by atoms with Crippen molar-refractivity contribution in [2.75, 3.05) is 5.73 Å². The Balaban J connectivity index is 2.89. The van der Waals surface area contributed by atoms with E-state index in [1.807, 2.05) is 25.1 Å². The number of aromatic nitrogens is 1.